The zero-order valence-corrected chi connectivity index (χ0v) is 20.0. The third-order valence-corrected chi connectivity index (χ3v) is 6.59. The number of aromatic nitrogens is 2. The summed E-state index contributed by atoms with van der Waals surface area (Å²) in [7, 11) is 0. The van der Waals surface area contributed by atoms with Gasteiger partial charge in [0, 0.05) is 28.5 Å². The van der Waals surface area contributed by atoms with Crippen LogP contribution in [0.4, 0.5) is 0 Å². The van der Waals surface area contributed by atoms with Crippen molar-refractivity contribution in [2.75, 3.05) is 13.2 Å². The molecule has 0 N–H and O–H groups in total. The van der Waals surface area contributed by atoms with E-state index in [-0.39, 0.29) is 18.4 Å². The molecule has 6 rings (SSSR count). The molecule has 1 fully saturated rings. The zero-order chi connectivity index (χ0) is 23.9. The van der Waals surface area contributed by atoms with Crippen LogP contribution in [0.25, 0.3) is 23.1 Å². The molecule has 174 valence electrons. The Bertz CT molecular complexity index is 1560. The van der Waals surface area contributed by atoms with Crippen molar-refractivity contribution in [2.45, 2.75) is 12.6 Å². The van der Waals surface area contributed by atoms with E-state index in [0.717, 1.165) is 26.5 Å². The third kappa shape index (κ3) is 4.13. The molecule has 2 aromatic heterocycles. The standard InChI is InChI=1S/C26H19BrN4O4/c27-18-4-6-19(7-5-18)31-14-20(22-2-1-11-34-22)25(29-31)26-30(24(33)15-35-26)10-9-16-3-8-21-17(12-16)13-23(32)28-21/h1-8,11-14,26H,9-10,15H2/t26-/m1/s1. The summed E-state index contributed by atoms with van der Waals surface area (Å²) < 4.78 is 14.3. The van der Waals surface area contributed by atoms with Crippen molar-refractivity contribution < 1.29 is 18.7 Å². The van der Waals surface area contributed by atoms with E-state index in [4.69, 9.17) is 14.3 Å². The second-order valence-corrected chi connectivity index (χ2v) is 9.23. The molecule has 0 bridgehead atoms. The van der Waals surface area contributed by atoms with Gasteiger partial charge in [-0.3, -0.25) is 9.59 Å². The molecule has 1 saturated heterocycles. The first-order valence-corrected chi connectivity index (χ1v) is 11.9. The minimum absolute atomic E-state index is 0.0151. The van der Waals surface area contributed by atoms with Crippen LogP contribution in [0.1, 0.15) is 17.5 Å². The van der Waals surface area contributed by atoms with Gasteiger partial charge >= 0.3 is 0 Å². The lowest BCUT2D eigenvalue weighted by Gasteiger charge is -2.22. The number of halogens is 1. The highest BCUT2D eigenvalue weighted by molar-refractivity contribution is 9.10. The van der Waals surface area contributed by atoms with Crippen molar-refractivity contribution >= 4 is 33.8 Å². The fraction of sp³-hybridized carbons (Fsp3) is 0.154. The topological polar surface area (TPSA) is 89.9 Å². The van der Waals surface area contributed by atoms with Gasteiger partial charge < -0.3 is 14.1 Å². The molecule has 1 atom stereocenters. The maximum Gasteiger partial charge on any atom is 0.270 e. The Balaban J connectivity index is 1.32. The van der Waals surface area contributed by atoms with Crippen LogP contribution >= 0.6 is 15.9 Å². The number of carbonyl (C=O) groups excluding carboxylic acids is 2. The monoisotopic (exact) mass is 530 g/mol. The van der Waals surface area contributed by atoms with Crippen molar-refractivity contribution in [1.29, 1.82) is 0 Å². The first kappa shape index (κ1) is 21.7. The number of furan rings is 1. The lowest BCUT2D eigenvalue weighted by atomic mass is 10.1. The minimum atomic E-state index is -0.642. The molecule has 2 aromatic carbocycles. The maximum absolute atomic E-state index is 12.8. The highest BCUT2D eigenvalue weighted by Gasteiger charge is 2.37. The van der Waals surface area contributed by atoms with Gasteiger partial charge in [-0.25, -0.2) is 9.67 Å². The van der Waals surface area contributed by atoms with Gasteiger partial charge in [-0.2, -0.15) is 5.10 Å². The number of hydrogen-bond donors (Lipinski definition) is 0. The van der Waals surface area contributed by atoms with Crippen LogP contribution in [-0.4, -0.2) is 39.6 Å². The van der Waals surface area contributed by atoms with Crippen molar-refractivity contribution in [2.24, 2.45) is 4.99 Å². The van der Waals surface area contributed by atoms with E-state index in [9.17, 15) is 9.59 Å². The molecular weight excluding hydrogens is 512 g/mol. The lowest BCUT2D eigenvalue weighted by molar-refractivity contribution is -0.128. The second-order valence-electron chi connectivity index (χ2n) is 8.31. The summed E-state index contributed by atoms with van der Waals surface area (Å²) in [5.41, 5.74) is 3.25. The molecule has 35 heavy (non-hydrogen) atoms. The van der Waals surface area contributed by atoms with Gasteiger partial charge in [-0.05, 0) is 60.5 Å². The number of benzene rings is 2. The van der Waals surface area contributed by atoms with Crippen molar-refractivity contribution in [3.8, 4) is 17.0 Å². The number of fused-ring (bicyclic) bond motifs is 1. The van der Waals surface area contributed by atoms with E-state index in [1.807, 2.05) is 60.8 Å². The molecule has 2 aliphatic heterocycles. The summed E-state index contributed by atoms with van der Waals surface area (Å²) >= 11 is 3.46. The van der Waals surface area contributed by atoms with E-state index in [0.29, 0.717) is 29.8 Å². The van der Waals surface area contributed by atoms with Crippen LogP contribution in [0.2, 0.25) is 0 Å². The van der Waals surface area contributed by atoms with Gasteiger partial charge in [0.2, 0.25) is 0 Å². The molecule has 8 nitrogen and oxygen atoms in total. The average Bonchev–Trinajstić information content (AvgIpc) is 3.63. The Morgan fingerprint density at radius 1 is 1.09 bits per heavy atom. The van der Waals surface area contributed by atoms with Crippen LogP contribution < -0.4 is 10.6 Å². The summed E-state index contributed by atoms with van der Waals surface area (Å²) in [4.78, 5) is 30.0. The largest absolute Gasteiger partial charge is 0.464 e. The van der Waals surface area contributed by atoms with Gasteiger partial charge in [0.25, 0.3) is 11.8 Å². The quantitative estimate of drug-likeness (QED) is 0.382. The van der Waals surface area contributed by atoms with E-state index in [1.54, 1.807) is 15.8 Å². The Morgan fingerprint density at radius 3 is 2.74 bits per heavy atom. The lowest BCUT2D eigenvalue weighted by Crippen LogP contribution is -2.31. The molecule has 2 amide bonds. The average molecular weight is 531 g/mol. The number of nitrogens with zero attached hydrogens (tertiary/aromatic N) is 4. The molecule has 4 aromatic rings. The van der Waals surface area contributed by atoms with E-state index < -0.39 is 6.23 Å². The van der Waals surface area contributed by atoms with E-state index >= 15 is 0 Å². The summed E-state index contributed by atoms with van der Waals surface area (Å²) in [6, 6.07) is 17.2. The second kappa shape index (κ2) is 8.75. The maximum atomic E-state index is 12.8. The van der Waals surface area contributed by atoms with Crippen LogP contribution in [0.5, 0.6) is 0 Å². The van der Waals surface area contributed by atoms with E-state index in [2.05, 4.69) is 20.9 Å². The predicted molar refractivity (Wildman–Crippen MR) is 130 cm³/mol. The summed E-state index contributed by atoms with van der Waals surface area (Å²) in [5.74, 6) is 0.303. The molecule has 0 aliphatic carbocycles. The smallest absolute Gasteiger partial charge is 0.270 e. The number of hydrogen-bond acceptors (Lipinski definition) is 5. The first-order chi connectivity index (χ1) is 17.0. The van der Waals surface area contributed by atoms with Gasteiger partial charge in [-0.1, -0.05) is 22.0 Å². The Morgan fingerprint density at radius 2 is 1.94 bits per heavy atom. The molecule has 0 radical (unpaired) electrons. The predicted octanol–water partition coefficient (Wildman–Crippen LogP) is 2.94. The van der Waals surface area contributed by atoms with Crippen LogP contribution in [0.3, 0.4) is 0 Å². The fourth-order valence-electron chi connectivity index (χ4n) is 4.35. The Kier molecular flexibility index (Phi) is 5.43. The molecule has 2 aliphatic rings. The molecule has 0 spiro atoms. The van der Waals surface area contributed by atoms with Crippen LogP contribution in [0, 0.1) is 0 Å². The van der Waals surface area contributed by atoms with E-state index in [1.165, 1.54) is 6.08 Å². The zero-order valence-electron chi connectivity index (χ0n) is 18.4. The van der Waals surface area contributed by atoms with Gasteiger partial charge in [0.05, 0.1) is 22.9 Å². The third-order valence-electron chi connectivity index (χ3n) is 6.07. The van der Waals surface area contributed by atoms with Crippen molar-refractivity contribution in [1.82, 2.24) is 14.7 Å². The Hall–Kier alpha value is -3.82. The highest BCUT2D eigenvalue weighted by atomic mass is 79.9. The molecule has 4 heterocycles. The molecule has 0 unspecified atom stereocenters. The molecule has 0 saturated carbocycles. The Labute approximate surface area is 208 Å². The van der Waals surface area contributed by atoms with Crippen molar-refractivity contribution in [3.63, 3.8) is 0 Å². The summed E-state index contributed by atoms with van der Waals surface area (Å²) in [5, 5.41) is 6.30. The van der Waals surface area contributed by atoms with Crippen LogP contribution in [-0.2, 0) is 20.7 Å². The van der Waals surface area contributed by atoms with Crippen molar-refractivity contribution in [3.05, 3.63) is 93.4 Å². The molecular formula is C26H19BrN4O4. The number of amides is 2. The minimum Gasteiger partial charge on any atom is -0.464 e. The van der Waals surface area contributed by atoms with Gasteiger partial charge in [-0.15, -0.1) is 0 Å². The van der Waals surface area contributed by atoms with Gasteiger partial charge in [0.1, 0.15) is 18.1 Å². The normalized spacial score (nSPS) is 16.9. The van der Waals surface area contributed by atoms with Gasteiger partial charge in [0.15, 0.2) is 6.23 Å². The first-order valence-electron chi connectivity index (χ1n) is 11.1. The fourth-order valence-corrected chi connectivity index (χ4v) is 4.61. The SMILES string of the molecule is O=C1C=c2cc(CCN3C(=O)CO[C@@H]3c3nn(-c4ccc(Br)cc4)cc3-c3ccco3)ccc2=N1. The number of rotatable bonds is 6. The number of ether oxygens (including phenoxy) is 1. The highest BCUT2D eigenvalue weighted by Crippen LogP contribution is 2.35. The number of carbonyl (C=O) groups is 2. The molecule has 9 heteroatoms. The van der Waals surface area contributed by atoms with Crippen LogP contribution in [0.15, 0.2) is 80.9 Å². The summed E-state index contributed by atoms with van der Waals surface area (Å²) in [6.07, 6.45) is 4.98. The summed E-state index contributed by atoms with van der Waals surface area (Å²) in [6.45, 7) is 0.425.